The number of hydrogen-bond donors (Lipinski definition) is 3. The minimum Gasteiger partial charge on any atom is -0.478 e. The lowest BCUT2D eigenvalue weighted by atomic mass is 10.2. The first-order valence-electron chi connectivity index (χ1n) is 5.62. The van der Waals surface area contributed by atoms with E-state index in [1.54, 1.807) is 24.5 Å². The van der Waals surface area contributed by atoms with Gasteiger partial charge in [0.15, 0.2) is 0 Å². The quantitative estimate of drug-likeness (QED) is 0.667. The van der Waals surface area contributed by atoms with Crippen LogP contribution in [-0.2, 0) is 0 Å². The normalized spacial score (nSPS) is 10.5. The Morgan fingerprint density at radius 1 is 1.21 bits per heavy atom. The molecule has 0 unspecified atom stereocenters. The van der Waals surface area contributed by atoms with E-state index in [1.807, 2.05) is 12.1 Å². The van der Waals surface area contributed by atoms with Crippen LogP contribution in [0.5, 0.6) is 0 Å². The van der Waals surface area contributed by atoms with Gasteiger partial charge < -0.3 is 15.4 Å². The van der Waals surface area contributed by atoms with Crippen molar-refractivity contribution < 1.29 is 9.90 Å². The third-order valence-electron chi connectivity index (χ3n) is 2.67. The summed E-state index contributed by atoms with van der Waals surface area (Å²) in [6.07, 6.45) is 3.35. The van der Waals surface area contributed by atoms with Gasteiger partial charge in [0, 0.05) is 18.1 Å². The second-order valence-corrected chi connectivity index (χ2v) is 3.98. The Hall–Kier alpha value is -2.89. The number of rotatable bonds is 3. The van der Waals surface area contributed by atoms with Crippen LogP contribution < -0.4 is 5.32 Å². The molecule has 2 aromatic heterocycles. The van der Waals surface area contributed by atoms with Gasteiger partial charge >= 0.3 is 5.97 Å². The second-order valence-electron chi connectivity index (χ2n) is 3.98. The standard InChI is InChI=1S/C13H10N4O2/c18-12(19)8-1-2-10-11(7-8)17-13(16-10)15-9-3-5-14-6-4-9/h1-7H,(H,18,19)(H2,14,15,16,17). The van der Waals surface area contributed by atoms with Crippen molar-refractivity contribution in [1.29, 1.82) is 0 Å². The number of nitrogens with zero attached hydrogens (tertiary/aromatic N) is 2. The number of carboxylic acids is 1. The van der Waals surface area contributed by atoms with Crippen molar-refractivity contribution in [2.45, 2.75) is 0 Å². The maximum atomic E-state index is 10.9. The van der Waals surface area contributed by atoms with Gasteiger partial charge in [-0.2, -0.15) is 0 Å². The summed E-state index contributed by atoms with van der Waals surface area (Å²) in [6.45, 7) is 0. The highest BCUT2D eigenvalue weighted by Gasteiger charge is 2.07. The zero-order chi connectivity index (χ0) is 13.2. The van der Waals surface area contributed by atoms with E-state index in [2.05, 4.69) is 20.3 Å². The topological polar surface area (TPSA) is 90.9 Å². The number of H-pyrrole nitrogens is 1. The average Bonchev–Trinajstić information content (AvgIpc) is 2.80. The molecule has 94 valence electrons. The smallest absolute Gasteiger partial charge is 0.335 e. The van der Waals surface area contributed by atoms with E-state index in [0.717, 1.165) is 5.69 Å². The highest BCUT2D eigenvalue weighted by atomic mass is 16.4. The van der Waals surface area contributed by atoms with Gasteiger partial charge in [-0.3, -0.25) is 4.98 Å². The van der Waals surface area contributed by atoms with Crippen LogP contribution in [0.1, 0.15) is 10.4 Å². The molecule has 0 bridgehead atoms. The fourth-order valence-electron chi connectivity index (χ4n) is 1.77. The molecule has 6 heteroatoms. The Morgan fingerprint density at radius 3 is 2.74 bits per heavy atom. The van der Waals surface area contributed by atoms with Crippen molar-refractivity contribution in [2.75, 3.05) is 5.32 Å². The molecular weight excluding hydrogens is 244 g/mol. The molecule has 0 spiro atoms. The van der Waals surface area contributed by atoms with Gasteiger partial charge in [-0.25, -0.2) is 9.78 Å². The molecule has 6 nitrogen and oxygen atoms in total. The lowest BCUT2D eigenvalue weighted by Gasteiger charge is -2.00. The first kappa shape index (κ1) is 11.2. The van der Waals surface area contributed by atoms with Crippen molar-refractivity contribution in [3.63, 3.8) is 0 Å². The Morgan fingerprint density at radius 2 is 2.00 bits per heavy atom. The number of nitrogens with one attached hydrogen (secondary N) is 2. The molecule has 0 aliphatic rings. The molecule has 0 fully saturated rings. The lowest BCUT2D eigenvalue weighted by molar-refractivity contribution is 0.0697. The molecule has 0 radical (unpaired) electrons. The number of aromatic amines is 1. The number of carbonyl (C=O) groups is 1. The Kier molecular flexibility index (Phi) is 2.60. The molecule has 1 aromatic carbocycles. The molecular formula is C13H10N4O2. The molecule has 3 aromatic rings. The number of imidazole rings is 1. The monoisotopic (exact) mass is 254 g/mol. The van der Waals surface area contributed by atoms with Crippen LogP contribution in [0, 0.1) is 0 Å². The molecule has 0 saturated carbocycles. The van der Waals surface area contributed by atoms with Crippen molar-refractivity contribution in [2.24, 2.45) is 0 Å². The van der Waals surface area contributed by atoms with Gasteiger partial charge in [0.1, 0.15) is 0 Å². The van der Waals surface area contributed by atoms with Crippen molar-refractivity contribution in [3.8, 4) is 0 Å². The third-order valence-corrected chi connectivity index (χ3v) is 2.67. The van der Waals surface area contributed by atoms with Crippen LogP contribution in [0.25, 0.3) is 11.0 Å². The predicted molar refractivity (Wildman–Crippen MR) is 70.6 cm³/mol. The molecule has 0 saturated heterocycles. The van der Waals surface area contributed by atoms with E-state index in [0.29, 0.717) is 17.0 Å². The van der Waals surface area contributed by atoms with E-state index >= 15 is 0 Å². The van der Waals surface area contributed by atoms with Crippen LogP contribution in [0.2, 0.25) is 0 Å². The minimum absolute atomic E-state index is 0.228. The summed E-state index contributed by atoms with van der Waals surface area (Å²) < 4.78 is 0. The molecule has 2 heterocycles. The second kappa shape index (κ2) is 4.41. The summed E-state index contributed by atoms with van der Waals surface area (Å²) in [4.78, 5) is 22.2. The highest BCUT2D eigenvalue weighted by Crippen LogP contribution is 2.19. The SMILES string of the molecule is O=C(O)c1ccc2nc(Nc3ccncc3)[nH]c2c1. The fourth-order valence-corrected chi connectivity index (χ4v) is 1.77. The largest absolute Gasteiger partial charge is 0.478 e. The zero-order valence-corrected chi connectivity index (χ0v) is 9.79. The van der Waals surface area contributed by atoms with Crippen LogP contribution in [0.3, 0.4) is 0 Å². The van der Waals surface area contributed by atoms with Gasteiger partial charge in [-0.1, -0.05) is 0 Å². The summed E-state index contributed by atoms with van der Waals surface area (Å²) in [7, 11) is 0. The summed E-state index contributed by atoms with van der Waals surface area (Å²) in [5, 5.41) is 12.0. The number of fused-ring (bicyclic) bond motifs is 1. The Labute approximate surface area is 108 Å². The molecule has 3 rings (SSSR count). The Bertz CT molecular complexity index is 737. The van der Waals surface area contributed by atoms with Gasteiger partial charge in [0.05, 0.1) is 16.6 Å². The lowest BCUT2D eigenvalue weighted by Crippen LogP contribution is -1.94. The van der Waals surface area contributed by atoms with Crippen LogP contribution in [-0.4, -0.2) is 26.0 Å². The number of aromatic carboxylic acids is 1. The van der Waals surface area contributed by atoms with Gasteiger partial charge in [0.2, 0.25) is 5.95 Å². The zero-order valence-electron chi connectivity index (χ0n) is 9.79. The maximum Gasteiger partial charge on any atom is 0.335 e. The van der Waals surface area contributed by atoms with Gasteiger partial charge in [0.25, 0.3) is 0 Å². The van der Waals surface area contributed by atoms with Crippen LogP contribution in [0.15, 0.2) is 42.7 Å². The van der Waals surface area contributed by atoms with Crippen LogP contribution >= 0.6 is 0 Å². The van der Waals surface area contributed by atoms with Crippen molar-refractivity contribution >= 4 is 28.6 Å². The van der Waals surface area contributed by atoms with E-state index in [9.17, 15) is 4.79 Å². The average molecular weight is 254 g/mol. The summed E-state index contributed by atoms with van der Waals surface area (Å²) >= 11 is 0. The summed E-state index contributed by atoms with van der Waals surface area (Å²) in [5.41, 5.74) is 2.47. The Balaban J connectivity index is 1.95. The molecule has 0 aliphatic carbocycles. The molecule has 0 amide bonds. The summed E-state index contributed by atoms with van der Waals surface area (Å²) in [5.74, 6) is -0.399. The summed E-state index contributed by atoms with van der Waals surface area (Å²) in [6, 6.07) is 8.39. The third kappa shape index (κ3) is 2.23. The fraction of sp³-hybridized carbons (Fsp3) is 0. The molecule has 0 aliphatic heterocycles. The first-order chi connectivity index (χ1) is 9.22. The maximum absolute atomic E-state index is 10.9. The highest BCUT2D eigenvalue weighted by molar-refractivity contribution is 5.92. The van der Waals surface area contributed by atoms with Gasteiger partial charge in [-0.05, 0) is 30.3 Å². The molecule has 3 N–H and O–H groups in total. The number of benzene rings is 1. The van der Waals surface area contributed by atoms with E-state index in [-0.39, 0.29) is 5.56 Å². The van der Waals surface area contributed by atoms with Gasteiger partial charge in [-0.15, -0.1) is 0 Å². The molecule has 19 heavy (non-hydrogen) atoms. The predicted octanol–water partition coefficient (Wildman–Crippen LogP) is 2.40. The van der Waals surface area contributed by atoms with E-state index in [4.69, 9.17) is 5.11 Å². The van der Waals surface area contributed by atoms with E-state index < -0.39 is 5.97 Å². The van der Waals surface area contributed by atoms with Crippen molar-refractivity contribution in [3.05, 3.63) is 48.3 Å². The minimum atomic E-state index is -0.958. The van der Waals surface area contributed by atoms with E-state index in [1.165, 1.54) is 6.07 Å². The number of anilines is 2. The van der Waals surface area contributed by atoms with Crippen molar-refractivity contribution in [1.82, 2.24) is 15.0 Å². The number of pyridine rings is 1. The number of hydrogen-bond acceptors (Lipinski definition) is 4. The molecule has 0 atom stereocenters. The first-order valence-corrected chi connectivity index (χ1v) is 5.62. The van der Waals surface area contributed by atoms with Crippen LogP contribution in [0.4, 0.5) is 11.6 Å². The number of carboxylic acid groups (broad SMARTS) is 1. The number of aromatic nitrogens is 3.